The molecule has 0 amide bonds. The first-order valence-corrected chi connectivity index (χ1v) is 5.25. The van der Waals surface area contributed by atoms with Crippen LogP contribution in [0.25, 0.3) is 0 Å². The molecule has 0 aliphatic carbocycles. The number of nitrogens with two attached hydrogens (primary N) is 1. The van der Waals surface area contributed by atoms with Crippen LogP contribution in [0.2, 0.25) is 0 Å². The van der Waals surface area contributed by atoms with Gasteiger partial charge in [-0.3, -0.25) is 9.67 Å². The summed E-state index contributed by atoms with van der Waals surface area (Å²) in [6.07, 6.45) is 3.63. The van der Waals surface area contributed by atoms with E-state index >= 15 is 0 Å². The Bertz CT molecular complexity index is 501. The van der Waals surface area contributed by atoms with E-state index in [9.17, 15) is 0 Å². The Hall–Kier alpha value is -1.68. The van der Waals surface area contributed by atoms with Crippen LogP contribution in [0.3, 0.4) is 0 Å². The summed E-state index contributed by atoms with van der Waals surface area (Å²) in [6, 6.07) is 3.89. The topological polar surface area (TPSA) is 56.7 Å². The second-order valence-electron chi connectivity index (χ2n) is 4.11. The van der Waals surface area contributed by atoms with Gasteiger partial charge in [0.2, 0.25) is 0 Å². The van der Waals surface area contributed by atoms with E-state index in [1.807, 2.05) is 37.8 Å². The minimum atomic E-state index is -0.168. The molecule has 2 aromatic heterocycles. The Morgan fingerprint density at radius 1 is 1.25 bits per heavy atom. The van der Waals surface area contributed by atoms with Gasteiger partial charge >= 0.3 is 0 Å². The average Bonchev–Trinajstić information content (AvgIpc) is 2.57. The number of hydrogen-bond donors (Lipinski definition) is 1. The summed E-state index contributed by atoms with van der Waals surface area (Å²) in [5.74, 6) is 0. The number of rotatable bonds is 2. The zero-order chi connectivity index (χ0) is 11.7. The van der Waals surface area contributed by atoms with E-state index in [0.717, 1.165) is 22.5 Å². The lowest BCUT2D eigenvalue weighted by Crippen LogP contribution is -2.16. The quantitative estimate of drug-likeness (QED) is 0.827. The first-order valence-electron chi connectivity index (χ1n) is 5.25. The van der Waals surface area contributed by atoms with Crippen molar-refractivity contribution in [3.05, 3.63) is 47.0 Å². The smallest absolute Gasteiger partial charge is 0.0738 e. The van der Waals surface area contributed by atoms with Crippen molar-refractivity contribution in [2.24, 2.45) is 12.8 Å². The number of nitrogens with zero attached hydrogens (tertiary/aromatic N) is 3. The van der Waals surface area contributed by atoms with Gasteiger partial charge in [0.05, 0.1) is 17.4 Å². The highest BCUT2D eigenvalue weighted by molar-refractivity contribution is 5.28. The molecule has 1 atom stereocenters. The fourth-order valence-corrected chi connectivity index (χ4v) is 1.84. The second-order valence-corrected chi connectivity index (χ2v) is 4.11. The molecule has 2 heterocycles. The molecule has 1 unspecified atom stereocenters. The number of aryl methyl sites for hydroxylation is 3. The predicted octanol–water partition coefficient (Wildman–Crippen LogP) is 1.48. The van der Waals surface area contributed by atoms with Crippen molar-refractivity contribution in [1.29, 1.82) is 0 Å². The summed E-state index contributed by atoms with van der Waals surface area (Å²) >= 11 is 0. The van der Waals surface area contributed by atoms with Crippen LogP contribution in [-0.2, 0) is 7.05 Å². The lowest BCUT2D eigenvalue weighted by atomic mass is 10.1. The summed E-state index contributed by atoms with van der Waals surface area (Å²) in [6.45, 7) is 3.97. The molecule has 0 aliphatic heterocycles. The van der Waals surface area contributed by atoms with Gasteiger partial charge in [-0.1, -0.05) is 6.07 Å². The zero-order valence-corrected chi connectivity index (χ0v) is 9.81. The largest absolute Gasteiger partial charge is 0.319 e. The molecule has 0 radical (unpaired) electrons. The minimum Gasteiger partial charge on any atom is -0.319 e. The van der Waals surface area contributed by atoms with Crippen LogP contribution in [0.15, 0.2) is 24.5 Å². The van der Waals surface area contributed by atoms with E-state index < -0.39 is 0 Å². The lowest BCUT2D eigenvalue weighted by Gasteiger charge is -2.12. The van der Waals surface area contributed by atoms with Gasteiger partial charge in [0.25, 0.3) is 0 Å². The number of hydrogen-bond acceptors (Lipinski definition) is 3. The predicted molar refractivity (Wildman–Crippen MR) is 62.9 cm³/mol. The van der Waals surface area contributed by atoms with Crippen LogP contribution in [-0.4, -0.2) is 14.8 Å². The molecule has 4 nitrogen and oxygen atoms in total. The average molecular weight is 216 g/mol. The summed E-state index contributed by atoms with van der Waals surface area (Å²) in [7, 11) is 1.91. The van der Waals surface area contributed by atoms with Gasteiger partial charge in [0.1, 0.15) is 0 Å². The Balaban J connectivity index is 2.38. The number of aromatic nitrogens is 3. The molecule has 0 fully saturated rings. The molecule has 2 N–H and O–H groups in total. The molecule has 2 rings (SSSR count). The maximum atomic E-state index is 6.20. The Labute approximate surface area is 95.1 Å². The van der Waals surface area contributed by atoms with Crippen LogP contribution in [0.4, 0.5) is 0 Å². The van der Waals surface area contributed by atoms with Crippen molar-refractivity contribution >= 4 is 0 Å². The van der Waals surface area contributed by atoms with Crippen LogP contribution in [0.5, 0.6) is 0 Å². The first kappa shape index (κ1) is 10.8. The Morgan fingerprint density at radius 2 is 2.00 bits per heavy atom. The van der Waals surface area contributed by atoms with Crippen molar-refractivity contribution < 1.29 is 0 Å². The van der Waals surface area contributed by atoms with E-state index in [1.165, 1.54) is 0 Å². The van der Waals surface area contributed by atoms with Gasteiger partial charge in [-0.2, -0.15) is 5.10 Å². The second kappa shape index (κ2) is 4.06. The Kier molecular flexibility index (Phi) is 2.75. The SMILES string of the molecule is Cc1cncc(C(N)c2cc(C)nn2C)c1. The lowest BCUT2D eigenvalue weighted by molar-refractivity contribution is 0.668. The molecular formula is C12H16N4. The molecule has 0 spiro atoms. The van der Waals surface area contributed by atoms with E-state index in [0.29, 0.717) is 0 Å². The van der Waals surface area contributed by atoms with Gasteiger partial charge < -0.3 is 5.73 Å². The highest BCUT2D eigenvalue weighted by Crippen LogP contribution is 2.19. The molecule has 0 aromatic carbocycles. The van der Waals surface area contributed by atoms with Gasteiger partial charge in [-0.25, -0.2) is 0 Å². The van der Waals surface area contributed by atoms with E-state index in [2.05, 4.69) is 16.1 Å². The zero-order valence-electron chi connectivity index (χ0n) is 9.81. The summed E-state index contributed by atoms with van der Waals surface area (Å²) in [4.78, 5) is 4.16. The van der Waals surface area contributed by atoms with E-state index in [-0.39, 0.29) is 6.04 Å². The minimum absolute atomic E-state index is 0.168. The normalized spacial score (nSPS) is 12.8. The summed E-state index contributed by atoms with van der Waals surface area (Å²) in [5, 5.41) is 4.30. The fraction of sp³-hybridized carbons (Fsp3) is 0.333. The Morgan fingerprint density at radius 3 is 2.56 bits per heavy atom. The highest BCUT2D eigenvalue weighted by Gasteiger charge is 2.14. The molecule has 0 bridgehead atoms. The van der Waals surface area contributed by atoms with E-state index in [4.69, 9.17) is 5.73 Å². The van der Waals surface area contributed by atoms with Crippen LogP contribution in [0, 0.1) is 13.8 Å². The molecule has 84 valence electrons. The molecule has 0 aliphatic rings. The van der Waals surface area contributed by atoms with Crippen LogP contribution in [0.1, 0.15) is 28.6 Å². The number of pyridine rings is 1. The van der Waals surface area contributed by atoms with Crippen molar-refractivity contribution in [3.8, 4) is 0 Å². The maximum absolute atomic E-state index is 6.20. The standard InChI is InChI=1S/C12H16N4/c1-8-4-10(7-14-6-8)12(13)11-5-9(2)15-16(11)3/h4-7,12H,13H2,1-3H3. The van der Waals surface area contributed by atoms with Crippen LogP contribution < -0.4 is 5.73 Å². The van der Waals surface area contributed by atoms with E-state index in [1.54, 1.807) is 6.20 Å². The monoisotopic (exact) mass is 216 g/mol. The third-order valence-corrected chi connectivity index (χ3v) is 2.61. The summed E-state index contributed by atoms with van der Waals surface area (Å²) in [5.41, 5.74) is 10.3. The molecular weight excluding hydrogens is 200 g/mol. The van der Waals surface area contributed by atoms with Crippen molar-refractivity contribution in [2.75, 3.05) is 0 Å². The molecule has 4 heteroatoms. The summed E-state index contributed by atoms with van der Waals surface area (Å²) < 4.78 is 1.82. The highest BCUT2D eigenvalue weighted by atomic mass is 15.3. The van der Waals surface area contributed by atoms with Crippen molar-refractivity contribution in [1.82, 2.24) is 14.8 Å². The molecule has 2 aromatic rings. The fourth-order valence-electron chi connectivity index (χ4n) is 1.84. The van der Waals surface area contributed by atoms with Crippen LogP contribution >= 0.6 is 0 Å². The third kappa shape index (κ3) is 1.97. The van der Waals surface area contributed by atoms with Crippen molar-refractivity contribution in [3.63, 3.8) is 0 Å². The van der Waals surface area contributed by atoms with Gasteiger partial charge in [0.15, 0.2) is 0 Å². The van der Waals surface area contributed by atoms with Gasteiger partial charge in [-0.05, 0) is 31.0 Å². The molecule has 0 saturated heterocycles. The molecule has 16 heavy (non-hydrogen) atoms. The van der Waals surface area contributed by atoms with Gasteiger partial charge in [-0.15, -0.1) is 0 Å². The maximum Gasteiger partial charge on any atom is 0.0738 e. The van der Waals surface area contributed by atoms with Crippen molar-refractivity contribution in [2.45, 2.75) is 19.9 Å². The third-order valence-electron chi connectivity index (χ3n) is 2.61. The molecule has 0 saturated carbocycles. The first-order chi connectivity index (χ1) is 7.58. The van der Waals surface area contributed by atoms with Gasteiger partial charge in [0, 0.05) is 19.4 Å².